The molecule has 0 spiro atoms. The van der Waals surface area contributed by atoms with E-state index in [0.29, 0.717) is 18.3 Å². The maximum atomic E-state index is 13.1. The van der Waals surface area contributed by atoms with Crippen molar-refractivity contribution in [3.05, 3.63) is 78.1 Å². The third-order valence-electron chi connectivity index (χ3n) is 4.48. The van der Waals surface area contributed by atoms with E-state index >= 15 is 0 Å². The molecule has 0 radical (unpaired) electrons. The summed E-state index contributed by atoms with van der Waals surface area (Å²) in [6.45, 7) is 3.00. The van der Waals surface area contributed by atoms with E-state index in [4.69, 9.17) is 9.72 Å². The van der Waals surface area contributed by atoms with Crippen molar-refractivity contribution in [2.75, 3.05) is 11.5 Å². The zero-order valence-electron chi connectivity index (χ0n) is 16.9. The summed E-state index contributed by atoms with van der Waals surface area (Å²) in [7, 11) is 1.85. The Labute approximate surface area is 179 Å². The van der Waals surface area contributed by atoms with E-state index in [1.54, 1.807) is 27.9 Å². The molecule has 2 aromatic carbocycles. The zero-order chi connectivity index (χ0) is 20.9. The molecule has 0 saturated carbocycles. The van der Waals surface area contributed by atoms with Crippen molar-refractivity contribution < 1.29 is 9.53 Å². The molecule has 152 valence electrons. The monoisotopic (exact) mass is 418 g/mol. The summed E-state index contributed by atoms with van der Waals surface area (Å²) in [5.74, 6) is 0.671. The lowest BCUT2D eigenvalue weighted by Crippen LogP contribution is -2.28. The van der Waals surface area contributed by atoms with Crippen LogP contribution in [0.1, 0.15) is 18.1 Å². The number of benzene rings is 2. The number of nitrogens with zero attached hydrogens (tertiary/aromatic N) is 4. The Morgan fingerprint density at radius 1 is 1.23 bits per heavy atom. The molecule has 0 fully saturated rings. The van der Waals surface area contributed by atoms with Gasteiger partial charge in [-0.25, -0.2) is 4.98 Å². The normalized spacial score (nSPS) is 11.3. The van der Waals surface area contributed by atoms with Crippen molar-refractivity contribution in [3.8, 4) is 5.75 Å². The van der Waals surface area contributed by atoms with Crippen LogP contribution in [-0.4, -0.2) is 27.3 Å². The number of ether oxygens (including phenoxy) is 1. The maximum absolute atomic E-state index is 13.1. The molecule has 7 heteroatoms. The van der Waals surface area contributed by atoms with Gasteiger partial charge in [-0.1, -0.05) is 41.7 Å². The highest BCUT2D eigenvalue weighted by atomic mass is 32.1. The highest BCUT2D eigenvalue weighted by molar-refractivity contribution is 7.22. The molecule has 2 aromatic heterocycles. The molecule has 0 aliphatic heterocycles. The van der Waals surface area contributed by atoms with Gasteiger partial charge in [0.2, 0.25) is 0 Å². The van der Waals surface area contributed by atoms with Crippen LogP contribution in [0.4, 0.5) is 5.13 Å². The van der Waals surface area contributed by atoms with Crippen molar-refractivity contribution in [1.82, 2.24) is 14.8 Å². The van der Waals surface area contributed by atoms with Crippen LogP contribution in [0.5, 0.6) is 5.75 Å². The standard InChI is InChI=1S/C23H22N4O2S/c1-3-29-19-10-11-20-21(13-19)30-23(25-20)27(16-17-7-5-4-6-8-17)22(28)12-9-18-14-24-26(2)15-18/h4-15H,3,16H2,1-2H3/b12-9+. The minimum atomic E-state index is -0.133. The second-order valence-electron chi connectivity index (χ2n) is 6.75. The topological polar surface area (TPSA) is 60.2 Å². The van der Waals surface area contributed by atoms with E-state index < -0.39 is 0 Å². The van der Waals surface area contributed by atoms with Gasteiger partial charge in [0.1, 0.15) is 5.75 Å². The first-order valence-electron chi connectivity index (χ1n) is 9.68. The molecule has 0 saturated heterocycles. The average Bonchev–Trinajstić information content (AvgIpc) is 3.36. The predicted molar refractivity (Wildman–Crippen MR) is 121 cm³/mol. The van der Waals surface area contributed by atoms with Crippen LogP contribution in [0.25, 0.3) is 16.3 Å². The summed E-state index contributed by atoms with van der Waals surface area (Å²) >= 11 is 1.48. The first-order valence-corrected chi connectivity index (χ1v) is 10.5. The third-order valence-corrected chi connectivity index (χ3v) is 5.52. The number of rotatable bonds is 7. The summed E-state index contributed by atoms with van der Waals surface area (Å²) in [5.41, 5.74) is 2.76. The molecule has 4 aromatic rings. The highest BCUT2D eigenvalue weighted by Gasteiger charge is 2.19. The Morgan fingerprint density at radius 3 is 2.80 bits per heavy atom. The number of aryl methyl sites for hydroxylation is 1. The maximum Gasteiger partial charge on any atom is 0.253 e. The molecular formula is C23H22N4O2S. The number of hydrogen-bond donors (Lipinski definition) is 0. The molecule has 1 amide bonds. The summed E-state index contributed by atoms with van der Waals surface area (Å²) in [6, 6.07) is 15.7. The minimum absolute atomic E-state index is 0.133. The van der Waals surface area contributed by atoms with Crippen molar-refractivity contribution in [1.29, 1.82) is 0 Å². The van der Waals surface area contributed by atoms with Gasteiger partial charge in [-0.05, 0) is 36.8 Å². The number of aromatic nitrogens is 3. The second-order valence-corrected chi connectivity index (χ2v) is 7.76. The lowest BCUT2D eigenvalue weighted by molar-refractivity contribution is -0.114. The van der Waals surface area contributed by atoms with Crippen LogP contribution in [0.3, 0.4) is 0 Å². The van der Waals surface area contributed by atoms with Crippen LogP contribution in [0.2, 0.25) is 0 Å². The number of thiazole rings is 1. The van der Waals surface area contributed by atoms with Gasteiger partial charge in [0.05, 0.1) is 29.6 Å². The largest absolute Gasteiger partial charge is 0.494 e. The van der Waals surface area contributed by atoms with Gasteiger partial charge >= 0.3 is 0 Å². The molecule has 0 aliphatic carbocycles. The van der Waals surface area contributed by atoms with Crippen molar-refractivity contribution in [2.45, 2.75) is 13.5 Å². The van der Waals surface area contributed by atoms with E-state index in [1.807, 2.05) is 68.7 Å². The molecule has 0 N–H and O–H groups in total. The molecule has 0 unspecified atom stereocenters. The molecule has 4 rings (SSSR count). The second kappa shape index (κ2) is 8.92. The lowest BCUT2D eigenvalue weighted by Gasteiger charge is -2.18. The SMILES string of the molecule is CCOc1ccc2nc(N(Cc3ccccc3)C(=O)/C=C/c3cnn(C)c3)sc2c1. The summed E-state index contributed by atoms with van der Waals surface area (Å²) in [4.78, 5) is 19.5. The van der Waals surface area contributed by atoms with E-state index in [0.717, 1.165) is 27.1 Å². The smallest absolute Gasteiger partial charge is 0.253 e. The number of hydrogen-bond acceptors (Lipinski definition) is 5. The summed E-state index contributed by atoms with van der Waals surface area (Å²) in [5, 5.41) is 4.79. The fraction of sp³-hybridized carbons (Fsp3) is 0.174. The van der Waals surface area contributed by atoms with Crippen LogP contribution >= 0.6 is 11.3 Å². The molecule has 0 atom stereocenters. The molecule has 0 aliphatic rings. The van der Waals surface area contributed by atoms with Crippen LogP contribution < -0.4 is 9.64 Å². The van der Waals surface area contributed by atoms with Gasteiger partial charge in [0, 0.05) is 24.9 Å². The number of fused-ring (bicyclic) bond motifs is 1. The molecule has 2 heterocycles. The fourth-order valence-electron chi connectivity index (χ4n) is 3.05. The highest BCUT2D eigenvalue weighted by Crippen LogP contribution is 2.32. The quantitative estimate of drug-likeness (QED) is 0.409. The van der Waals surface area contributed by atoms with Crippen molar-refractivity contribution in [3.63, 3.8) is 0 Å². The first kappa shape index (κ1) is 19.8. The Balaban J connectivity index is 1.66. The summed E-state index contributed by atoms with van der Waals surface area (Å²) in [6.07, 6.45) is 6.92. The summed E-state index contributed by atoms with van der Waals surface area (Å²) < 4.78 is 8.28. The van der Waals surface area contributed by atoms with Crippen LogP contribution in [0.15, 0.2) is 67.0 Å². The van der Waals surface area contributed by atoms with E-state index in [-0.39, 0.29) is 5.91 Å². The van der Waals surface area contributed by atoms with Crippen molar-refractivity contribution in [2.24, 2.45) is 7.05 Å². The van der Waals surface area contributed by atoms with Crippen LogP contribution in [0, 0.1) is 0 Å². The number of anilines is 1. The molecular weight excluding hydrogens is 396 g/mol. The van der Waals surface area contributed by atoms with Crippen LogP contribution in [-0.2, 0) is 18.4 Å². The van der Waals surface area contributed by atoms with Gasteiger partial charge in [-0.3, -0.25) is 14.4 Å². The third kappa shape index (κ3) is 4.58. The van der Waals surface area contributed by atoms with Gasteiger partial charge < -0.3 is 4.74 Å². The van der Waals surface area contributed by atoms with Gasteiger partial charge in [-0.2, -0.15) is 5.10 Å². The van der Waals surface area contributed by atoms with Crippen molar-refractivity contribution >= 4 is 38.7 Å². The van der Waals surface area contributed by atoms with Gasteiger partial charge in [0.25, 0.3) is 5.91 Å². The van der Waals surface area contributed by atoms with E-state index in [2.05, 4.69) is 5.10 Å². The van der Waals surface area contributed by atoms with E-state index in [1.165, 1.54) is 11.3 Å². The zero-order valence-corrected chi connectivity index (χ0v) is 17.7. The molecule has 6 nitrogen and oxygen atoms in total. The Bertz CT molecular complexity index is 1180. The number of carbonyl (C=O) groups is 1. The number of carbonyl (C=O) groups excluding carboxylic acids is 1. The minimum Gasteiger partial charge on any atom is -0.494 e. The Kier molecular flexibility index (Phi) is 5.90. The molecule has 30 heavy (non-hydrogen) atoms. The first-order chi connectivity index (χ1) is 14.6. The van der Waals surface area contributed by atoms with Gasteiger partial charge in [-0.15, -0.1) is 0 Å². The Morgan fingerprint density at radius 2 is 2.07 bits per heavy atom. The average molecular weight is 419 g/mol. The van der Waals surface area contributed by atoms with Gasteiger partial charge in [0.15, 0.2) is 5.13 Å². The molecule has 0 bridgehead atoms. The van der Waals surface area contributed by atoms with E-state index in [9.17, 15) is 4.79 Å². The predicted octanol–water partition coefficient (Wildman–Crippen LogP) is 4.68. The number of amides is 1. The Hall–Kier alpha value is -3.45. The fourth-order valence-corrected chi connectivity index (χ4v) is 4.05. The lowest BCUT2D eigenvalue weighted by atomic mass is 10.2.